The largest absolute Gasteiger partial charge is 0.466 e. The average Bonchev–Trinajstić information content (AvgIpc) is 2.36. The van der Waals surface area contributed by atoms with E-state index in [1.165, 1.54) is 0 Å². The van der Waals surface area contributed by atoms with Gasteiger partial charge in [-0.15, -0.1) is 0 Å². The zero-order valence-electron chi connectivity index (χ0n) is 10.7. The summed E-state index contributed by atoms with van der Waals surface area (Å²) >= 11 is 0. The second-order valence-corrected chi connectivity index (χ2v) is 3.98. The van der Waals surface area contributed by atoms with Gasteiger partial charge in [0, 0.05) is 11.3 Å². The molecule has 1 rings (SSSR count). The maximum Gasteiger partial charge on any atom is 0.305 e. The first kappa shape index (κ1) is 14.1. The van der Waals surface area contributed by atoms with Crippen LogP contribution in [0.15, 0.2) is 29.4 Å². The number of azide groups is 1. The fourth-order valence-corrected chi connectivity index (χ4v) is 1.63. The highest BCUT2D eigenvalue weighted by molar-refractivity contribution is 5.69. The van der Waals surface area contributed by atoms with Crippen LogP contribution in [-0.4, -0.2) is 12.6 Å². The lowest BCUT2D eigenvalue weighted by atomic mass is 10.0. The Bertz CT molecular complexity index is 436. The van der Waals surface area contributed by atoms with Gasteiger partial charge in [0.25, 0.3) is 0 Å². The zero-order valence-corrected chi connectivity index (χ0v) is 10.7. The van der Waals surface area contributed by atoms with Crippen molar-refractivity contribution in [3.8, 4) is 0 Å². The maximum atomic E-state index is 11.3. The molecular formula is C13H17N3O2. The molecule has 0 aromatic heterocycles. The number of carbonyl (C=O) groups is 1. The molecule has 1 aromatic rings. The molecule has 1 aromatic carbocycles. The smallest absolute Gasteiger partial charge is 0.305 e. The molecule has 0 spiro atoms. The van der Waals surface area contributed by atoms with Crippen molar-refractivity contribution in [1.29, 1.82) is 0 Å². The Balaban J connectivity index is 2.68. The third-order valence-corrected chi connectivity index (χ3v) is 2.58. The molecule has 0 heterocycles. The third kappa shape index (κ3) is 4.47. The minimum absolute atomic E-state index is 0.255. The Morgan fingerprint density at radius 3 is 2.67 bits per heavy atom. The molecular weight excluding hydrogens is 230 g/mol. The lowest BCUT2D eigenvalue weighted by molar-refractivity contribution is -0.143. The summed E-state index contributed by atoms with van der Waals surface area (Å²) in [7, 11) is 0. The molecule has 5 heteroatoms. The number of rotatable bonds is 6. The standard InChI is InChI=1S/C13H17N3O2/c1-3-18-13(17)9-8-12(15-16-14)11-6-4-10(2)5-7-11/h4-7,12H,3,8-9H2,1-2H3. The van der Waals surface area contributed by atoms with E-state index in [4.69, 9.17) is 10.3 Å². The molecule has 0 amide bonds. The van der Waals surface area contributed by atoms with E-state index in [0.717, 1.165) is 11.1 Å². The lowest BCUT2D eigenvalue weighted by Crippen LogP contribution is -2.06. The number of hydrogen-bond acceptors (Lipinski definition) is 3. The molecule has 0 aliphatic heterocycles. The number of esters is 1. The first-order chi connectivity index (χ1) is 8.67. The fraction of sp³-hybridized carbons (Fsp3) is 0.462. The van der Waals surface area contributed by atoms with Gasteiger partial charge in [0.2, 0.25) is 0 Å². The SMILES string of the molecule is CCOC(=O)CCC(N=[N+]=[N-])c1ccc(C)cc1. The Labute approximate surface area is 106 Å². The Morgan fingerprint density at radius 1 is 1.44 bits per heavy atom. The van der Waals surface area contributed by atoms with Crippen molar-refractivity contribution in [2.45, 2.75) is 32.7 Å². The summed E-state index contributed by atoms with van der Waals surface area (Å²) in [6.45, 7) is 4.13. The highest BCUT2D eigenvalue weighted by Crippen LogP contribution is 2.23. The lowest BCUT2D eigenvalue weighted by Gasteiger charge is -2.11. The van der Waals surface area contributed by atoms with E-state index in [0.29, 0.717) is 13.0 Å². The summed E-state index contributed by atoms with van der Waals surface area (Å²) in [5.74, 6) is -0.261. The van der Waals surface area contributed by atoms with Crippen LogP contribution in [0.5, 0.6) is 0 Å². The van der Waals surface area contributed by atoms with Gasteiger partial charge < -0.3 is 4.74 Å². The van der Waals surface area contributed by atoms with Crippen molar-refractivity contribution in [1.82, 2.24) is 0 Å². The van der Waals surface area contributed by atoms with E-state index < -0.39 is 0 Å². The highest BCUT2D eigenvalue weighted by Gasteiger charge is 2.12. The number of benzene rings is 1. The van der Waals surface area contributed by atoms with E-state index >= 15 is 0 Å². The predicted molar refractivity (Wildman–Crippen MR) is 68.9 cm³/mol. The zero-order chi connectivity index (χ0) is 13.4. The van der Waals surface area contributed by atoms with Crippen molar-refractivity contribution < 1.29 is 9.53 Å². The van der Waals surface area contributed by atoms with Crippen molar-refractivity contribution in [3.63, 3.8) is 0 Å². The molecule has 0 radical (unpaired) electrons. The second-order valence-electron chi connectivity index (χ2n) is 3.98. The number of carbonyl (C=O) groups excluding carboxylic acids is 1. The van der Waals surface area contributed by atoms with Gasteiger partial charge in [-0.05, 0) is 31.4 Å². The van der Waals surface area contributed by atoms with Crippen LogP contribution in [0.4, 0.5) is 0 Å². The quantitative estimate of drug-likeness (QED) is 0.332. The topological polar surface area (TPSA) is 75.1 Å². The van der Waals surface area contributed by atoms with Crippen LogP contribution in [0, 0.1) is 6.92 Å². The van der Waals surface area contributed by atoms with Crippen LogP contribution in [0.2, 0.25) is 0 Å². The molecule has 0 bridgehead atoms. The molecule has 0 fully saturated rings. The van der Waals surface area contributed by atoms with Gasteiger partial charge in [-0.3, -0.25) is 4.79 Å². The maximum absolute atomic E-state index is 11.3. The number of hydrogen-bond donors (Lipinski definition) is 0. The Kier molecular flexibility index (Phi) is 5.74. The summed E-state index contributed by atoms with van der Waals surface area (Å²) in [5.41, 5.74) is 10.6. The number of ether oxygens (including phenoxy) is 1. The minimum atomic E-state index is -0.319. The molecule has 5 nitrogen and oxygen atoms in total. The summed E-state index contributed by atoms with van der Waals surface area (Å²) in [6, 6.07) is 7.43. The molecule has 1 unspecified atom stereocenters. The Hall–Kier alpha value is -2.00. The second kappa shape index (κ2) is 7.35. The van der Waals surface area contributed by atoms with Gasteiger partial charge in [-0.2, -0.15) is 0 Å². The van der Waals surface area contributed by atoms with Crippen molar-refractivity contribution >= 4 is 5.97 Å². The molecule has 0 saturated heterocycles. The third-order valence-electron chi connectivity index (χ3n) is 2.58. The molecule has 18 heavy (non-hydrogen) atoms. The van der Waals surface area contributed by atoms with Gasteiger partial charge in [0.15, 0.2) is 0 Å². The summed E-state index contributed by atoms with van der Waals surface area (Å²) < 4.78 is 4.85. The van der Waals surface area contributed by atoms with E-state index in [9.17, 15) is 4.79 Å². The molecule has 0 aliphatic carbocycles. The van der Waals surface area contributed by atoms with Gasteiger partial charge in [-0.1, -0.05) is 34.9 Å². The summed E-state index contributed by atoms with van der Waals surface area (Å²) in [6.07, 6.45) is 0.720. The molecule has 0 aliphatic rings. The van der Waals surface area contributed by atoms with E-state index in [2.05, 4.69) is 10.0 Å². The molecule has 1 atom stereocenters. The van der Waals surface area contributed by atoms with Crippen molar-refractivity contribution in [3.05, 3.63) is 45.8 Å². The van der Waals surface area contributed by atoms with E-state index in [1.807, 2.05) is 31.2 Å². The van der Waals surface area contributed by atoms with Crippen LogP contribution in [-0.2, 0) is 9.53 Å². The summed E-state index contributed by atoms with van der Waals surface area (Å²) in [4.78, 5) is 14.1. The average molecular weight is 247 g/mol. The van der Waals surface area contributed by atoms with Gasteiger partial charge in [0.1, 0.15) is 0 Å². The van der Waals surface area contributed by atoms with Gasteiger partial charge in [-0.25, -0.2) is 0 Å². The minimum Gasteiger partial charge on any atom is -0.466 e. The number of nitrogens with zero attached hydrogens (tertiary/aromatic N) is 3. The number of aryl methyl sites for hydroxylation is 1. The first-order valence-corrected chi connectivity index (χ1v) is 5.93. The van der Waals surface area contributed by atoms with Crippen molar-refractivity contribution in [2.75, 3.05) is 6.61 Å². The van der Waals surface area contributed by atoms with Crippen LogP contribution in [0.1, 0.15) is 36.9 Å². The molecule has 0 N–H and O–H groups in total. The first-order valence-electron chi connectivity index (χ1n) is 5.93. The van der Waals surface area contributed by atoms with Crippen LogP contribution < -0.4 is 0 Å². The molecule has 96 valence electrons. The van der Waals surface area contributed by atoms with E-state index in [1.54, 1.807) is 6.92 Å². The van der Waals surface area contributed by atoms with Crippen LogP contribution >= 0.6 is 0 Å². The summed E-state index contributed by atoms with van der Waals surface area (Å²) in [5, 5.41) is 3.73. The van der Waals surface area contributed by atoms with Crippen LogP contribution in [0.3, 0.4) is 0 Å². The normalized spacial score (nSPS) is 11.4. The predicted octanol–water partition coefficient (Wildman–Crippen LogP) is 3.69. The van der Waals surface area contributed by atoms with Gasteiger partial charge in [0.05, 0.1) is 12.6 Å². The van der Waals surface area contributed by atoms with E-state index in [-0.39, 0.29) is 18.4 Å². The monoisotopic (exact) mass is 247 g/mol. The van der Waals surface area contributed by atoms with Crippen LogP contribution in [0.25, 0.3) is 10.4 Å². The Morgan fingerprint density at radius 2 is 2.11 bits per heavy atom. The van der Waals surface area contributed by atoms with Gasteiger partial charge >= 0.3 is 5.97 Å². The highest BCUT2D eigenvalue weighted by atomic mass is 16.5. The fourth-order valence-electron chi connectivity index (χ4n) is 1.63. The molecule has 0 saturated carbocycles. The van der Waals surface area contributed by atoms with Crippen molar-refractivity contribution in [2.24, 2.45) is 5.11 Å².